The molecule has 1 unspecified atom stereocenters. The van der Waals surface area contributed by atoms with Gasteiger partial charge >= 0.3 is 0 Å². The lowest BCUT2D eigenvalue weighted by atomic mass is 10.0. The van der Waals surface area contributed by atoms with Crippen molar-refractivity contribution < 1.29 is 9.47 Å². The second-order valence-electron chi connectivity index (χ2n) is 4.43. The normalized spacial score (nSPS) is 20.7. The van der Waals surface area contributed by atoms with Gasteiger partial charge in [0.15, 0.2) is 0 Å². The average molecular weight is 230 g/mol. The number of hydrogen-bond acceptors (Lipinski definition) is 2. The second kappa shape index (κ2) is 5.19. The molecule has 0 N–H and O–H groups in total. The van der Waals surface area contributed by atoms with Gasteiger partial charge in [-0.3, -0.25) is 0 Å². The summed E-state index contributed by atoms with van der Waals surface area (Å²) in [4.78, 5) is 0. The number of rotatable bonds is 2. The summed E-state index contributed by atoms with van der Waals surface area (Å²) in [7, 11) is 1.67. The molecule has 2 nitrogen and oxygen atoms in total. The van der Waals surface area contributed by atoms with Crippen molar-refractivity contribution in [3.8, 4) is 5.75 Å². The van der Waals surface area contributed by atoms with E-state index in [4.69, 9.17) is 9.47 Å². The number of ether oxygens (including phenoxy) is 2. The molecule has 1 aliphatic heterocycles. The van der Waals surface area contributed by atoms with Crippen molar-refractivity contribution >= 4 is 0 Å². The van der Waals surface area contributed by atoms with E-state index in [1.165, 1.54) is 11.1 Å². The van der Waals surface area contributed by atoms with Gasteiger partial charge in [0, 0.05) is 0 Å². The van der Waals surface area contributed by atoms with Crippen molar-refractivity contribution in [1.29, 1.82) is 0 Å². The van der Waals surface area contributed by atoms with E-state index in [9.17, 15) is 0 Å². The van der Waals surface area contributed by atoms with E-state index in [0.29, 0.717) is 6.61 Å². The number of methoxy groups -OCH3 is 1. The minimum Gasteiger partial charge on any atom is -0.497 e. The summed E-state index contributed by atoms with van der Waals surface area (Å²) >= 11 is 0. The van der Waals surface area contributed by atoms with Crippen LogP contribution in [0.2, 0.25) is 0 Å². The lowest BCUT2D eigenvalue weighted by Crippen LogP contribution is -2.04. The summed E-state index contributed by atoms with van der Waals surface area (Å²) in [6.07, 6.45) is 3.16. The Hall–Kier alpha value is -1.54. The number of hydrogen-bond donors (Lipinski definition) is 0. The molecule has 0 amide bonds. The van der Waals surface area contributed by atoms with E-state index in [1.807, 2.05) is 12.1 Å². The minimum absolute atomic E-state index is 0.122. The van der Waals surface area contributed by atoms with Crippen molar-refractivity contribution in [2.45, 2.75) is 19.4 Å². The second-order valence-corrected chi connectivity index (χ2v) is 4.43. The van der Waals surface area contributed by atoms with Crippen LogP contribution in [-0.2, 0) is 4.74 Å². The van der Waals surface area contributed by atoms with Gasteiger partial charge in [-0.1, -0.05) is 30.4 Å². The van der Waals surface area contributed by atoms with Gasteiger partial charge in [-0.25, -0.2) is 0 Å². The summed E-state index contributed by atoms with van der Waals surface area (Å²) in [6.45, 7) is 6.69. The first-order chi connectivity index (χ1) is 8.19. The zero-order valence-electron chi connectivity index (χ0n) is 10.4. The lowest BCUT2D eigenvalue weighted by Gasteiger charge is -2.16. The largest absolute Gasteiger partial charge is 0.497 e. The van der Waals surface area contributed by atoms with Crippen molar-refractivity contribution in [1.82, 2.24) is 0 Å². The van der Waals surface area contributed by atoms with Gasteiger partial charge in [0.1, 0.15) is 5.75 Å². The Labute approximate surface area is 103 Å². The zero-order valence-corrected chi connectivity index (χ0v) is 10.4. The van der Waals surface area contributed by atoms with Crippen LogP contribution in [0.5, 0.6) is 5.75 Å². The van der Waals surface area contributed by atoms with E-state index < -0.39 is 0 Å². The molecular weight excluding hydrogens is 212 g/mol. The van der Waals surface area contributed by atoms with Crippen LogP contribution in [0.15, 0.2) is 48.1 Å². The molecule has 2 rings (SSSR count). The molecule has 1 aromatic carbocycles. The maximum atomic E-state index is 5.85. The van der Waals surface area contributed by atoms with Crippen molar-refractivity contribution in [2.75, 3.05) is 13.7 Å². The molecule has 0 fully saturated rings. The molecule has 0 spiro atoms. The van der Waals surface area contributed by atoms with Crippen LogP contribution < -0.4 is 4.74 Å². The molecule has 17 heavy (non-hydrogen) atoms. The Kier molecular flexibility index (Phi) is 3.64. The van der Waals surface area contributed by atoms with Crippen LogP contribution in [0, 0.1) is 0 Å². The zero-order chi connectivity index (χ0) is 12.3. The quantitative estimate of drug-likeness (QED) is 0.772. The average Bonchev–Trinajstić information content (AvgIpc) is 2.50. The van der Waals surface area contributed by atoms with Crippen LogP contribution in [-0.4, -0.2) is 13.7 Å². The van der Waals surface area contributed by atoms with Gasteiger partial charge in [0.05, 0.1) is 19.8 Å². The monoisotopic (exact) mass is 230 g/mol. The van der Waals surface area contributed by atoms with Crippen LogP contribution in [0.4, 0.5) is 0 Å². The lowest BCUT2D eigenvalue weighted by molar-refractivity contribution is 0.0746. The molecule has 0 aliphatic carbocycles. The van der Waals surface area contributed by atoms with E-state index >= 15 is 0 Å². The van der Waals surface area contributed by atoms with Crippen molar-refractivity contribution in [3.63, 3.8) is 0 Å². The van der Waals surface area contributed by atoms with E-state index in [0.717, 1.165) is 17.7 Å². The molecule has 1 heterocycles. The first-order valence-corrected chi connectivity index (χ1v) is 5.79. The standard InChI is InChI=1S/C15H18O2/c1-11-8-12(2)10-17-15(9-11)13-4-6-14(16-3)7-5-13/h4-8,15H,2,9-10H2,1,3H3. The molecular formula is C15H18O2. The fraction of sp³-hybridized carbons (Fsp3) is 0.333. The summed E-state index contributed by atoms with van der Waals surface area (Å²) < 4.78 is 11.0. The summed E-state index contributed by atoms with van der Waals surface area (Å²) in [5.41, 5.74) is 3.54. The molecule has 1 aliphatic rings. The summed E-state index contributed by atoms with van der Waals surface area (Å²) in [5.74, 6) is 0.874. The van der Waals surface area contributed by atoms with Crippen LogP contribution in [0.1, 0.15) is 25.0 Å². The van der Waals surface area contributed by atoms with Crippen molar-refractivity contribution in [2.24, 2.45) is 0 Å². The highest BCUT2D eigenvalue weighted by atomic mass is 16.5. The molecule has 0 radical (unpaired) electrons. The predicted octanol–water partition coefficient (Wildman–Crippen LogP) is 3.66. The third-order valence-corrected chi connectivity index (χ3v) is 2.92. The van der Waals surface area contributed by atoms with E-state index in [1.54, 1.807) is 7.11 Å². The predicted molar refractivity (Wildman–Crippen MR) is 69.2 cm³/mol. The Morgan fingerprint density at radius 3 is 2.65 bits per heavy atom. The first kappa shape index (κ1) is 11.9. The van der Waals surface area contributed by atoms with Gasteiger partial charge in [-0.05, 0) is 36.6 Å². The molecule has 2 heteroatoms. The third kappa shape index (κ3) is 2.98. The Morgan fingerprint density at radius 1 is 1.29 bits per heavy atom. The SMILES string of the molecule is C=C1C=C(C)CC(c2ccc(OC)cc2)OC1. The van der Waals surface area contributed by atoms with Gasteiger partial charge in [-0.2, -0.15) is 0 Å². The van der Waals surface area contributed by atoms with Crippen molar-refractivity contribution in [3.05, 3.63) is 53.6 Å². The minimum atomic E-state index is 0.122. The molecule has 0 saturated carbocycles. The molecule has 1 atom stereocenters. The molecule has 0 bridgehead atoms. The highest BCUT2D eigenvalue weighted by Crippen LogP contribution is 2.29. The Morgan fingerprint density at radius 2 is 2.00 bits per heavy atom. The van der Waals surface area contributed by atoms with Gasteiger partial charge in [-0.15, -0.1) is 0 Å². The molecule has 0 aromatic heterocycles. The smallest absolute Gasteiger partial charge is 0.118 e. The first-order valence-electron chi connectivity index (χ1n) is 5.79. The fourth-order valence-electron chi connectivity index (χ4n) is 2.04. The van der Waals surface area contributed by atoms with Crippen LogP contribution >= 0.6 is 0 Å². The molecule has 0 saturated heterocycles. The maximum absolute atomic E-state index is 5.85. The Bertz CT molecular complexity index is 429. The summed E-state index contributed by atoms with van der Waals surface area (Å²) in [6, 6.07) is 8.06. The highest BCUT2D eigenvalue weighted by molar-refractivity contribution is 5.31. The summed E-state index contributed by atoms with van der Waals surface area (Å²) in [5, 5.41) is 0. The topological polar surface area (TPSA) is 18.5 Å². The van der Waals surface area contributed by atoms with Gasteiger partial charge in [0.2, 0.25) is 0 Å². The third-order valence-electron chi connectivity index (χ3n) is 2.92. The van der Waals surface area contributed by atoms with Gasteiger partial charge < -0.3 is 9.47 Å². The molecule has 90 valence electrons. The van der Waals surface area contributed by atoms with E-state index in [2.05, 4.69) is 31.7 Å². The van der Waals surface area contributed by atoms with Gasteiger partial charge in [0.25, 0.3) is 0 Å². The van der Waals surface area contributed by atoms with E-state index in [-0.39, 0.29) is 6.10 Å². The Balaban J connectivity index is 2.16. The maximum Gasteiger partial charge on any atom is 0.118 e. The highest BCUT2D eigenvalue weighted by Gasteiger charge is 2.16. The van der Waals surface area contributed by atoms with Crippen LogP contribution in [0.3, 0.4) is 0 Å². The van der Waals surface area contributed by atoms with Crippen LogP contribution in [0.25, 0.3) is 0 Å². The molecule has 1 aromatic rings. The number of benzene rings is 1. The fourth-order valence-corrected chi connectivity index (χ4v) is 2.04.